The minimum atomic E-state index is 0.643. The number of aryl methyl sites for hydroxylation is 1. The fraction of sp³-hybridized carbons (Fsp3) is 0.538. The zero-order chi connectivity index (χ0) is 11.5. The summed E-state index contributed by atoms with van der Waals surface area (Å²) in [6.45, 7) is 2.11. The second kappa shape index (κ2) is 5.54. The molecule has 0 heterocycles. The van der Waals surface area contributed by atoms with Crippen molar-refractivity contribution >= 4 is 37.5 Å². The van der Waals surface area contributed by atoms with E-state index in [0.29, 0.717) is 6.04 Å². The van der Waals surface area contributed by atoms with Crippen molar-refractivity contribution in [2.45, 2.75) is 45.1 Å². The topological polar surface area (TPSA) is 12.0 Å². The van der Waals surface area contributed by atoms with Crippen LogP contribution < -0.4 is 5.32 Å². The van der Waals surface area contributed by atoms with Crippen LogP contribution in [0.1, 0.15) is 37.7 Å². The molecule has 1 aromatic rings. The van der Waals surface area contributed by atoms with Gasteiger partial charge >= 0.3 is 0 Å². The van der Waals surface area contributed by atoms with Crippen LogP contribution in [0.15, 0.2) is 21.1 Å². The molecule has 1 aliphatic carbocycles. The van der Waals surface area contributed by atoms with Crippen LogP contribution >= 0.6 is 31.9 Å². The van der Waals surface area contributed by atoms with Gasteiger partial charge in [-0.25, -0.2) is 0 Å². The lowest BCUT2D eigenvalue weighted by molar-refractivity contribution is 0.462. The Morgan fingerprint density at radius 3 is 2.19 bits per heavy atom. The largest absolute Gasteiger partial charge is 0.380 e. The van der Waals surface area contributed by atoms with Gasteiger partial charge in [-0.3, -0.25) is 0 Å². The maximum atomic E-state index is 3.65. The molecule has 1 nitrogen and oxygen atoms in total. The quantitative estimate of drug-likeness (QED) is 0.769. The van der Waals surface area contributed by atoms with Crippen molar-refractivity contribution in [1.82, 2.24) is 0 Å². The van der Waals surface area contributed by atoms with Gasteiger partial charge in [-0.2, -0.15) is 0 Å². The molecule has 88 valence electrons. The molecule has 0 aliphatic heterocycles. The Kier molecular flexibility index (Phi) is 4.31. The first kappa shape index (κ1) is 12.4. The van der Waals surface area contributed by atoms with Crippen LogP contribution in [-0.2, 0) is 0 Å². The molecule has 0 radical (unpaired) electrons. The van der Waals surface area contributed by atoms with Crippen molar-refractivity contribution < 1.29 is 0 Å². The van der Waals surface area contributed by atoms with Gasteiger partial charge in [0.25, 0.3) is 0 Å². The highest BCUT2D eigenvalue weighted by molar-refractivity contribution is 9.11. The number of hydrogen-bond acceptors (Lipinski definition) is 1. The third-order valence-electron chi connectivity index (χ3n) is 3.14. The molecule has 0 saturated heterocycles. The van der Waals surface area contributed by atoms with Crippen LogP contribution in [0.3, 0.4) is 0 Å². The number of rotatable bonds is 2. The van der Waals surface area contributed by atoms with Crippen molar-refractivity contribution in [2.24, 2.45) is 0 Å². The highest BCUT2D eigenvalue weighted by Gasteiger charge is 2.15. The first-order valence-corrected chi connectivity index (χ1v) is 7.47. The van der Waals surface area contributed by atoms with E-state index in [1.165, 1.54) is 43.4 Å². The number of benzene rings is 1. The van der Waals surface area contributed by atoms with E-state index in [0.717, 1.165) is 8.95 Å². The first-order valence-electron chi connectivity index (χ1n) is 5.89. The molecule has 0 amide bonds. The van der Waals surface area contributed by atoms with Gasteiger partial charge in [-0.15, -0.1) is 0 Å². The van der Waals surface area contributed by atoms with Crippen LogP contribution in [0.4, 0.5) is 5.69 Å². The maximum absolute atomic E-state index is 3.65. The molecule has 1 aromatic carbocycles. The van der Waals surface area contributed by atoms with Gasteiger partial charge in [0.15, 0.2) is 0 Å². The molecule has 0 atom stereocenters. The van der Waals surface area contributed by atoms with Gasteiger partial charge < -0.3 is 5.32 Å². The third kappa shape index (κ3) is 3.01. The Bertz CT molecular complexity index is 347. The van der Waals surface area contributed by atoms with E-state index in [1.54, 1.807) is 0 Å². The molecule has 1 fully saturated rings. The van der Waals surface area contributed by atoms with Crippen LogP contribution in [0, 0.1) is 6.92 Å². The summed E-state index contributed by atoms with van der Waals surface area (Å²) in [5.74, 6) is 0. The summed E-state index contributed by atoms with van der Waals surface area (Å²) in [7, 11) is 0. The van der Waals surface area contributed by atoms with Crippen molar-refractivity contribution in [3.63, 3.8) is 0 Å². The summed E-state index contributed by atoms with van der Waals surface area (Å²) in [5, 5.41) is 3.65. The molecule has 3 heteroatoms. The van der Waals surface area contributed by atoms with Crippen LogP contribution in [0.2, 0.25) is 0 Å². The Morgan fingerprint density at radius 2 is 1.62 bits per heavy atom. The van der Waals surface area contributed by atoms with Crippen molar-refractivity contribution in [2.75, 3.05) is 5.32 Å². The molecule has 16 heavy (non-hydrogen) atoms. The molecule has 1 N–H and O–H groups in total. The second-order valence-electron chi connectivity index (χ2n) is 4.58. The monoisotopic (exact) mass is 345 g/mol. The molecule has 0 spiro atoms. The molecular weight excluding hydrogens is 330 g/mol. The van der Waals surface area contributed by atoms with E-state index in [9.17, 15) is 0 Å². The summed E-state index contributed by atoms with van der Waals surface area (Å²) in [5.41, 5.74) is 2.48. The predicted molar refractivity (Wildman–Crippen MR) is 77.1 cm³/mol. The number of hydrogen-bond donors (Lipinski definition) is 1. The van der Waals surface area contributed by atoms with Crippen LogP contribution in [-0.4, -0.2) is 6.04 Å². The van der Waals surface area contributed by atoms with Crippen LogP contribution in [0.25, 0.3) is 0 Å². The highest BCUT2D eigenvalue weighted by atomic mass is 79.9. The van der Waals surface area contributed by atoms with E-state index in [-0.39, 0.29) is 0 Å². The Hall–Kier alpha value is -0.0200. The number of nitrogens with one attached hydrogen (secondary N) is 1. The lowest BCUT2D eigenvalue weighted by Crippen LogP contribution is -2.22. The van der Waals surface area contributed by atoms with Crippen molar-refractivity contribution in [3.8, 4) is 0 Å². The SMILES string of the molecule is Cc1cc(Br)c(NC2CCCCC2)c(Br)c1. The van der Waals surface area contributed by atoms with Gasteiger partial charge in [-0.05, 0) is 69.3 Å². The van der Waals surface area contributed by atoms with Gasteiger partial charge in [-0.1, -0.05) is 19.3 Å². The fourth-order valence-corrected chi connectivity index (χ4v) is 3.93. The van der Waals surface area contributed by atoms with Gasteiger partial charge in [0, 0.05) is 15.0 Å². The first-order chi connectivity index (χ1) is 7.66. The van der Waals surface area contributed by atoms with Crippen molar-refractivity contribution in [3.05, 3.63) is 26.6 Å². The average molecular weight is 347 g/mol. The molecule has 1 aliphatic rings. The molecule has 0 aromatic heterocycles. The van der Waals surface area contributed by atoms with E-state index < -0.39 is 0 Å². The molecular formula is C13H17Br2N. The normalized spacial score (nSPS) is 17.4. The third-order valence-corrected chi connectivity index (χ3v) is 4.39. The maximum Gasteiger partial charge on any atom is 0.0631 e. The molecule has 0 bridgehead atoms. The lowest BCUT2D eigenvalue weighted by Gasteiger charge is -2.25. The number of anilines is 1. The Balaban J connectivity index is 2.14. The Labute approximate surface area is 114 Å². The minimum Gasteiger partial charge on any atom is -0.380 e. The van der Waals surface area contributed by atoms with E-state index in [2.05, 4.69) is 56.2 Å². The minimum absolute atomic E-state index is 0.643. The summed E-state index contributed by atoms with van der Waals surface area (Å²) in [6.07, 6.45) is 6.71. The highest BCUT2D eigenvalue weighted by Crippen LogP contribution is 2.34. The second-order valence-corrected chi connectivity index (χ2v) is 6.29. The van der Waals surface area contributed by atoms with Gasteiger partial charge in [0.2, 0.25) is 0 Å². The van der Waals surface area contributed by atoms with Gasteiger partial charge in [0.05, 0.1) is 5.69 Å². The molecule has 1 saturated carbocycles. The van der Waals surface area contributed by atoms with E-state index in [1.807, 2.05) is 0 Å². The van der Waals surface area contributed by atoms with Crippen LogP contribution in [0.5, 0.6) is 0 Å². The van der Waals surface area contributed by atoms with Gasteiger partial charge in [0.1, 0.15) is 0 Å². The molecule has 2 rings (SSSR count). The zero-order valence-electron chi connectivity index (χ0n) is 9.52. The summed E-state index contributed by atoms with van der Waals surface area (Å²) < 4.78 is 2.31. The standard InChI is InChI=1S/C13H17Br2N/c1-9-7-11(14)13(12(15)8-9)16-10-5-3-2-4-6-10/h7-8,10,16H,2-6H2,1H3. The summed E-state index contributed by atoms with van der Waals surface area (Å²) in [6, 6.07) is 4.97. The number of halogens is 2. The summed E-state index contributed by atoms with van der Waals surface area (Å²) >= 11 is 7.26. The Morgan fingerprint density at radius 1 is 1.06 bits per heavy atom. The van der Waals surface area contributed by atoms with E-state index >= 15 is 0 Å². The van der Waals surface area contributed by atoms with Crippen molar-refractivity contribution in [1.29, 1.82) is 0 Å². The zero-order valence-corrected chi connectivity index (χ0v) is 12.7. The predicted octanol–water partition coefficient (Wildman–Crippen LogP) is 5.26. The molecule has 0 unspecified atom stereocenters. The average Bonchev–Trinajstić information content (AvgIpc) is 2.25. The lowest BCUT2D eigenvalue weighted by atomic mass is 9.95. The van der Waals surface area contributed by atoms with E-state index in [4.69, 9.17) is 0 Å². The smallest absolute Gasteiger partial charge is 0.0631 e. The summed E-state index contributed by atoms with van der Waals surface area (Å²) in [4.78, 5) is 0. The fourth-order valence-electron chi connectivity index (χ4n) is 2.29.